The SMILES string of the molecule is c1ccc(Nc2ccco2)cc1. The molecule has 60 valence electrons. The lowest BCUT2D eigenvalue weighted by Gasteiger charge is -2.00. The standard InChI is InChI=1S/C10H9NO/c1-2-5-9(6-3-1)11-10-7-4-8-12-10/h1-8,11H. The Morgan fingerprint density at radius 2 is 1.75 bits per heavy atom. The molecule has 1 aromatic heterocycles. The van der Waals surface area contributed by atoms with E-state index < -0.39 is 0 Å². The zero-order valence-electron chi connectivity index (χ0n) is 6.53. The molecule has 0 saturated carbocycles. The lowest BCUT2D eigenvalue weighted by molar-refractivity contribution is 0.585. The van der Waals surface area contributed by atoms with Gasteiger partial charge in [-0.1, -0.05) is 18.2 Å². The van der Waals surface area contributed by atoms with Gasteiger partial charge in [-0.25, -0.2) is 0 Å². The minimum atomic E-state index is 0.765. The first-order valence-corrected chi connectivity index (χ1v) is 3.81. The molecular weight excluding hydrogens is 150 g/mol. The molecule has 2 heteroatoms. The fourth-order valence-electron chi connectivity index (χ4n) is 1.01. The van der Waals surface area contributed by atoms with E-state index in [1.54, 1.807) is 6.26 Å². The monoisotopic (exact) mass is 159 g/mol. The van der Waals surface area contributed by atoms with E-state index in [0.717, 1.165) is 11.6 Å². The Morgan fingerprint density at radius 1 is 0.917 bits per heavy atom. The molecule has 0 radical (unpaired) electrons. The molecule has 0 spiro atoms. The Morgan fingerprint density at radius 3 is 2.42 bits per heavy atom. The van der Waals surface area contributed by atoms with Crippen molar-refractivity contribution < 1.29 is 4.42 Å². The van der Waals surface area contributed by atoms with E-state index in [1.807, 2.05) is 42.5 Å². The predicted octanol–water partition coefficient (Wildman–Crippen LogP) is 3.02. The quantitative estimate of drug-likeness (QED) is 0.728. The Labute approximate surface area is 70.8 Å². The summed E-state index contributed by atoms with van der Waals surface area (Å²) >= 11 is 0. The summed E-state index contributed by atoms with van der Waals surface area (Å²) in [7, 11) is 0. The Kier molecular flexibility index (Phi) is 1.82. The van der Waals surface area contributed by atoms with Crippen LogP contribution in [0.15, 0.2) is 53.1 Å². The molecule has 0 unspecified atom stereocenters. The van der Waals surface area contributed by atoms with Crippen molar-refractivity contribution in [2.45, 2.75) is 0 Å². The second-order valence-corrected chi connectivity index (χ2v) is 2.47. The van der Waals surface area contributed by atoms with Crippen molar-refractivity contribution in [2.24, 2.45) is 0 Å². The van der Waals surface area contributed by atoms with E-state index in [0.29, 0.717) is 0 Å². The van der Waals surface area contributed by atoms with Crippen molar-refractivity contribution in [3.63, 3.8) is 0 Å². The van der Waals surface area contributed by atoms with Crippen molar-refractivity contribution in [3.05, 3.63) is 48.7 Å². The largest absolute Gasteiger partial charge is 0.449 e. The highest BCUT2D eigenvalue weighted by Crippen LogP contribution is 2.15. The number of rotatable bonds is 2. The smallest absolute Gasteiger partial charge is 0.196 e. The van der Waals surface area contributed by atoms with Crippen LogP contribution in [0.3, 0.4) is 0 Å². The lowest BCUT2D eigenvalue weighted by atomic mass is 10.3. The highest BCUT2D eigenvalue weighted by atomic mass is 16.3. The summed E-state index contributed by atoms with van der Waals surface area (Å²) in [5.41, 5.74) is 1.03. The van der Waals surface area contributed by atoms with Crippen LogP contribution < -0.4 is 5.32 Å². The number of hydrogen-bond donors (Lipinski definition) is 1. The molecule has 0 aliphatic rings. The molecule has 0 bridgehead atoms. The van der Waals surface area contributed by atoms with Crippen LogP contribution in [0, 0.1) is 0 Å². The van der Waals surface area contributed by atoms with E-state index in [2.05, 4.69) is 5.32 Å². The molecule has 2 nitrogen and oxygen atoms in total. The van der Waals surface area contributed by atoms with Gasteiger partial charge in [0.25, 0.3) is 0 Å². The summed E-state index contributed by atoms with van der Waals surface area (Å²) in [6, 6.07) is 13.6. The Balaban J connectivity index is 2.15. The molecule has 0 fully saturated rings. The van der Waals surface area contributed by atoms with Crippen LogP contribution in [0.1, 0.15) is 0 Å². The van der Waals surface area contributed by atoms with Crippen molar-refractivity contribution in [1.29, 1.82) is 0 Å². The summed E-state index contributed by atoms with van der Waals surface area (Å²) in [4.78, 5) is 0. The number of hydrogen-bond acceptors (Lipinski definition) is 2. The maximum Gasteiger partial charge on any atom is 0.196 e. The van der Waals surface area contributed by atoms with Crippen molar-refractivity contribution >= 4 is 11.6 Å². The zero-order chi connectivity index (χ0) is 8.23. The van der Waals surface area contributed by atoms with Crippen molar-refractivity contribution in [1.82, 2.24) is 0 Å². The first-order chi connectivity index (χ1) is 5.95. The number of benzene rings is 1. The van der Waals surface area contributed by atoms with Gasteiger partial charge < -0.3 is 9.73 Å². The molecule has 0 aliphatic heterocycles. The Hall–Kier alpha value is -1.70. The normalized spacial score (nSPS) is 9.67. The lowest BCUT2D eigenvalue weighted by Crippen LogP contribution is -1.85. The minimum Gasteiger partial charge on any atom is -0.449 e. The molecule has 0 aliphatic carbocycles. The summed E-state index contributed by atoms with van der Waals surface area (Å²) in [5.74, 6) is 0.765. The topological polar surface area (TPSA) is 25.2 Å². The number of furan rings is 1. The van der Waals surface area contributed by atoms with Gasteiger partial charge in [-0.15, -0.1) is 0 Å². The molecule has 1 N–H and O–H groups in total. The third-order valence-corrected chi connectivity index (χ3v) is 1.56. The van der Waals surface area contributed by atoms with E-state index in [9.17, 15) is 0 Å². The first-order valence-electron chi connectivity index (χ1n) is 3.81. The van der Waals surface area contributed by atoms with Gasteiger partial charge in [0.05, 0.1) is 6.26 Å². The van der Waals surface area contributed by atoms with Crippen molar-refractivity contribution in [3.8, 4) is 0 Å². The Bertz CT molecular complexity index is 326. The van der Waals surface area contributed by atoms with Crippen LogP contribution in [0.5, 0.6) is 0 Å². The average molecular weight is 159 g/mol. The maximum atomic E-state index is 5.13. The van der Waals surface area contributed by atoms with E-state index in [-0.39, 0.29) is 0 Å². The summed E-state index contributed by atoms with van der Waals surface area (Å²) < 4.78 is 5.13. The van der Waals surface area contributed by atoms with Gasteiger partial charge in [0.2, 0.25) is 0 Å². The predicted molar refractivity (Wildman–Crippen MR) is 48.4 cm³/mol. The molecule has 0 atom stereocenters. The van der Waals surface area contributed by atoms with Gasteiger partial charge in [-0.2, -0.15) is 0 Å². The van der Waals surface area contributed by atoms with Crippen LogP contribution in [-0.4, -0.2) is 0 Å². The third-order valence-electron chi connectivity index (χ3n) is 1.56. The summed E-state index contributed by atoms with van der Waals surface area (Å²) in [6.45, 7) is 0. The first kappa shape index (κ1) is 6.98. The van der Waals surface area contributed by atoms with Gasteiger partial charge in [-0.05, 0) is 18.2 Å². The maximum absolute atomic E-state index is 5.13. The van der Waals surface area contributed by atoms with Crippen LogP contribution in [0.2, 0.25) is 0 Å². The molecular formula is C10H9NO. The third kappa shape index (κ3) is 1.48. The van der Waals surface area contributed by atoms with Crippen LogP contribution >= 0.6 is 0 Å². The summed E-state index contributed by atoms with van der Waals surface area (Å²) in [5, 5.41) is 3.12. The number of para-hydroxylation sites is 1. The second-order valence-electron chi connectivity index (χ2n) is 2.47. The molecule has 2 aromatic rings. The zero-order valence-corrected chi connectivity index (χ0v) is 6.53. The minimum absolute atomic E-state index is 0.765. The molecule has 0 amide bonds. The van der Waals surface area contributed by atoms with Gasteiger partial charge in [0.1, 0.15) is 0 Å². The van der Waals surface area contributed by atoms with Gasteiger partial charge >= 0.3 is 0 Å². The van der Waals surface area contributed by atoms with E-state index >= 15 is 0 Å². The highest BCUT2D eigenvalue weighted by Gasteiger charge is 1.93. The molecule has 12 heavy (non-hydrogen) atoms. The number of nitrogens with one attached hydrogen (secondary N) is 1. The van der Waals surface area contributed by atoms with E-state index in [4.69, 9.17) is 4.42 Å². The van der Waals surface area contributed by atoms with Gasteiger partial charge in [0, 0.05) is 11.8 Å². The number of anilines is 2. The van der Waals surface area contributed by atoms with Crippen LogP contribution in [0.4, 0.5) is 11.6 Å². The molecule has 2 rings (SSSR count). The van der Waals surface area contributed by atoms with Crippen LogP contribution in [0.25, 0.3) is 0 Å². The average Bonchev–Trinajstić information content (AvgIpc) is 2.59. The van der Waals surface area contributed by atoms with Crippen LogP contribution in [-0.2, 0) is 0 Å². The van der Waals surface area contributed by atoms with Gasteiger partial charge in [0.15, 0.2) is 5.88 Å². The summed E-state index contributed by atoms with van der Waals surface area (Å²) in [6.07, 6.45) is 1.64. The fourth-order valence-corrected chi connectivity index (χ4v) is 1.01. The molecule has 0 saturated heterocycles. The second kappa shape index (κ2) is 3.13. The van der Waals surface area contributed by atoms with Gasteiger partial charge in [-0.3, -0.25) is 0 Å². The van der Waals surface area contributed by atoms with E-state index in [1.165, 1.54) is 0 Å². The molecule has 1 aromatic carbocycles. The fraction of sp³-hybridized carbons (Fsp3) is 0. The van der Waals surface area contributed by atoms with Crippen molar-refractivity contribution in [2.75, 3.05) is 5.32 Å². The molecule has 1 heterocycles. The highest BCUT2D eigenvalue weighted by molar-refractivity contribution is 5.53.